The summed E-state index contributed by atoms with van der Waals surface area (Å²) in [7, 11) is 0. The molecule has 1 amide bonds. The molecule has 1 heterocycles. The number of rotatable bonds is 4. The summed E-state index contributed by atoms with van der Waals surface area (Å²) in [4.78, 5) is 22.9. The molecule has 1 aromatic carbocycles. The second-order valence-electron chi connectivity index (χ2n) is 4.50. The molecule has 2 rings (SSSR count). The molecule has 0 unspecified atom stereocenters. The Morgan fingerprint density at radius 3 is 2.59 bits per heavy atom. The fourth-order valence-electron chi connectivity index (χ4n) is 1.77. The van der Waals surface area contributed by atoms with E-state index in [1.807, 2.05) is 0 Å². The number of anilines is 1. The smallest absolute Gasteiger partial charge is 0.338 e. The summed E-state index contributed by atoms with van der Waals surface area (Å²) in [5.41, 5.74) is 1.18. The first kappa shape index (κ1) is 15.6. The van der Waals surface area contributed by atoms with Crippen molar-refractivity contribution < 1.29 is 24.9 Å². The third kappa shape index (κ3) is 3.44. The number of benzene rings is 1. The molecule has 7 heteroatoms. The number of aromatic hydroxyl groups is 2. The topological polar surface area (TPSA) is 107 Å². The highest BCUT2D eigenvalue weighted by Gasteiger charge is 2.16. The average molecular weight is 319 g/mol. The standard InChI is InChI=1S/C15H13NO5S/c1-8-7-22-14(13(8)15(20)21)16-12(19)5-3-9-2-4-10(17)11(18)6-9/h2-7,17-18H,1H3,(H,16,19)(H,20,21). The van der Waals surface area contributed by atoms with Gasteiger partial charge >= 0.3 is 5.97 Å². The van der Waals surface area contributed by atoms with Gasteiger partial charge in [-0.2, -0.15) is 0 Å². The molecule has 0 atom stereocenters. The van der Waals surface area contributed by atoms with E-state index in [2.05, 4.69) is 5.32 Å². The van der Waals surface area contributed by atoms with Crippen molar-refractivity contribution in [1.29, 1.82) is 0 Å². The number of carboxylic acid groups (broad SMARTS) is 1. The van der Waals surface area contributed by atoms with Crippen LogP contribution in [0.4, 0.5) is 5.00 Å². The van der Waals surface area contributed by atoms with Gasteiger partial charge in [0.15, 0.2) is 11.5 Å². The number of amides is 1. The van der Waals surface area contributed by atoms with Crippen molar-refractivity contribution in [3.63, 3.8) is 0 Å². The SMILES string of the molecule is Cc1csc(NC(=O)C=Cc2ccc(O)c(O)c2)c1C(=O)O. The molecule has 0 saturated heterocycles. The first-order valence-electron chi connectivity index (χ1n) is 6.21. The second-order valence-corrected chi connectivity index (χ2v) is 5.38. The summed E-state index contributed by atoms with van der Waals surface area (Å²) in [5.74, 6) is -2.12. The van der Waals surface area contributed by atoms with Crippen LogP contribution in [0.3, 0.4) is 0 Å². The number of carboxylic acids is 1. The van der Waals surface area contributed by atoms with Crippen molar-refractivity contribution >= 4 is 34.3 Å². The maximum absolute atomic E-state index is 11.8. The number of aromatic carboxylic acids is 1. The van der Waals surface area contributed by atoms with Crippen LogP contribution in [0.5, 0.6) is 11.5 Å². The molecule has 114 valence electrons. The third-order valence-corrected chi connectivity index (χ3v) is 3.87. The van der Waals surface area contributed by atoms with E-state index in [1.54, 1.807) is 12.3 Å². The van der Waals surface area contributed by atoms with E-state index < -0.39 is 11.9 Å². The zero-order chi connectivity index (χ0) is 16.3. The number of nitrogens with one attached hydrogen (secondary N) is 1. The minimum Gasteiger partial charge on any atom is -0.504 e. The van der Waals surface area contributed by atoms with Crippen LogP contribution in [-0.4, -0.2) is 27.2 Å². The van der Waals surface area contributed by atoms with Crippen molar-refractivity contribution in [3.05, 3.63) is 46.3 Å². The van der Waals surface area contributed by atoms with E-state index in [0.717, 1.165) is 11.3 Å². The summed E-state index contributed by atoms with van der Waals surface area (Å²) in [6, 6.07) is 4.13. The van der Waals surface area contributed by atoms with Gasteiger partial charge in [0.05, 0.1) is 5.56 Å². The molecule has 0 bridgehead atoms. The largest absolute Gasteiger partial charge is 0.504 e. The Labute approximate surface area is 130 Å². The summed E-state index contributed by atoms with van der Waals surface area (Å²) in [5, 5.41) is 32.1. The lowest BCUT2D eigenvalue weighted by molar-refractivity contribution is -0.111. The monoisotopic (exact) mass is 319 g/mol. The summed E-state index contributed by atoms with van der Waals surface area (Å²) >= 11 is 1.14. The number of aryl methyl sites for hydroxylation is 1. The second kappa shape index (κ2) is 6.31. The maximum Gasteiger partial charge on any atom is 0.338 e. The molecule has 6 nitrogen and oxygen atoms in total. The molecule has 0 spiro atoms. The van der Waals surface area contributed by atoms with Gasteiger partial charge in [-0.3, -0.25) is 4.79 Å². The lowest BCUT2D eigenvalue weighted by Crippen LogP contribution is -2.10. The van der Waals surface area contributed by atoms with E-state index in [9.17, 15) is 19.8 Å². The number of carbonyl (C=O) groups is 2. The zero-order valence-corrected chi connectivity index (χ0v) is 12.3. The van der Waals surface area contributed by atoms with Gasteiger partial charge in [0.1, 0.15) is 5.00 Å². The number of hydrogen-bond acceptors (Lipinski definition) is 5. The van der Waals surface area contributed by atoms with Gasteiger partial charge in [-0.1, -0.05) is 6.07 Å². The fourth-order valence-corrected chi connectivity index (χ4v) is 2.71. The van der Waals surface area contributed by atoms with Gasteiger partial charge < -0.3 is 20.6 Å². The van der Waals surface area contributed by atoms with E-state index in [1.165, 1.54) is 30.4 Å². The molecular weight excluding hydrogens is 306 g/mol. The van der Waals surface area contributed by atoms with Crippen LogP contribution in [-0.2, 0) is 4.79 Å². The van der Waals surface area contributed by atoms with Crippen molar-refractivity contribution in [2.45, 2.75) is 6.92 Å². The summed E-state index contributed by atoms with van der Waals surface area (Å²) in [6.45, 7) is 1.66. The Morgan fingerprint density at radius 2 is 1.95 bits per heavy atom. The Morgan fingerprint density at radius 1 is 1.23 bits per heavy atom. The van der Waals surface area contributed by atoms with Crippen LogP contribution >= 0.6 is 11.3 Å². The molecular formula is C15H13NO5S. The number of phenols is 2. The molecule has 22 heavy (non-hydrogen) atoms. The molecule has 4 N–H and O–H groups in total. The van der Waals surface area contributed by atoms with Crippen LogP contribution in [0.1, 0.15) is 21.5 Å². The molecule has 2 aromatic rings. The van der Waals surface area contributed by atoms with Crippen LogP contribution in [0.25, 0.3) is 6.08 Å². The molecule has 0 aliphatic carbocycles. The summed E-state index contributed by atoms with van der Waals surface area (Å²) in [6.07, 6.45) is 2.65. The highest BCUT2D eigenvalue weighted by Crippen LogP contribution is 2.28. The van der Waals surface area contributed by atoms with Gasteiger partial charge in [-0.25, -0.2) is 4.79 Å². The van der Waals surface area contributed by atoms with Gasteiger partial charge in [-0.15, -0.1) is 11.3 Å². The lowest BCUT2D eigenvalue weighted by Gasteiger charge is -2.02. The summed E-state index contributed by atoms with van der Waals surface area (Å²) < 4.78 is 0. The average Bonchev–Trinajstić information content (AvgIpc) is 2.81. The van der Waals surface area contributed by atoms with Gasteiger partial charge in [0.2, 0.25) is 5.91 Å². The van der Waals surface area contributed by atoms with Crippen LogP contribution in [0.2, 0.25) is 0 Å². The number of hydrogen-bond donors (Lipinski definition) is 4. The fraction of sp³-hybridized carbons (Fsp3) is 0.0667. The highest BCUT2D eigenvalue weighted by molar-refractivity contribution is 7.15. The molecule has 0 aliphatic rings. The zero-order valence-electron chi connectivity index (χ0n) is 11.5. The van der Waals surface area contributed by atoms with Crippen molar-refractivity contribution in [2.75, 3.05) is 5.32 Å². The molecule has 0 fully saturated rings. The van der Waals surface area contributed by atoms with Crippen molar-refractivity contribution in [2.24, 2.45) is 0 Å². The molecule has 0 saturated carbocycles. The van der Waals surface area contributed by atoms with E-state index in [4.69, 9.17) is 5.11 Å². The van der Waals surface area contributed by atoms with Crippen LogP contribution in [0, 0.1) is 6.92 Å². The van der Waals surface area contributed by atoms with Crippen LogP contribution < -0.4 is 5.32 Å². The van der Waals surface area contributed by atoms with Crippen molar-refractivity contribution in [1.82, 2.24) is 0 Å². The first-order chi connectivity index (χ1) is 10.4. The Bertz CT molecular complexity index is 763. The first-order valence-corrected chi connectivity index (χ1v) is 7.09. The van der Waals surface area contributed by atoms with E-state index in [-0.39, 0.29) is 22.1 Å². The van der Waals surface area contributed by atoms with Crippen LogP contribution in [0.15, 0.2) is 29.7 Å². The van der Waals surface area contributed by atoms with E-state index >= 15 is 0 Å². The maximum atomic E-state index is 11.8. The quantitative estimate of drug-likeness (QED) is 0.512. The number of carbonyl (C=O) groups excluding carboxylic acids is 1. The minimum atomic E-state index is -1.10. The molecule has 0 aliphatic heterocycles. The van der Waals surface area contributed by atoms with E-state index in [0.29, 0.717) is 11.1 Å². The van der Waals surface area contributed by atoms with Gasteiger partial charge in [0.25, 0.3) is 0 Å². The third-order valence-electron chi connectivity index (χ3n) is 2.85. The predicted octanol–water partition coefficient (Wildman–Crippen LogP) is 2.82. The van der Waals surface area contributed by atoms with Crippen molar-refractivity contribution in [3.8, 4) is 11.5 Å². The number of thiophene rings is 1. The Balaban J connectivity index is 2.11. The number of phenolic OH excluding ortho intramolecular Hbond substituents is 2. The highest BCUT2D eigenvalue weighted by atomic mass is 32.1. The van der Waals surface area contributed by atoms with Gasteiger partial charge in [0, 0.05) is 6.08 Å². The lowest BCUT2D eigenvalue weighted by atomic mass is 10.2. The Hall–Kier alpha value is -2.80. The normalized spacial score (nSPS) is 10.8. The molecule has 0 radical (unpaired) electrons. The minimum absolute atomic E-state index is 0.0778. The Kier molecular flexibility index (Phi) is 4.47. The predicted molar refractivity (Wildman–Crippen MR) is 83.5 cm³/mol. The molecule has 1 aromatic heterocycles. The van der Waals surface area contributed by atoms with Gasteiger partial charge in [-0.05, 0) is 41.6 Å².